The van der Waals surface area contributed by atoms with Gasteiger partial charge in [0.05, 0.1) is 35.7 Å². The third-order valence-electron chi connectivity index (χ3n) is 7.22. The Balaban J connectivity index is 1.21. The van der Waals surface area contributed by atoms with Crippen molar-refractivity contribution in [2.45, 2.75) is 19.3 Å². The minimum absolute atomic E-state index is 0.00626. The Morgan fingerprint density at radius 2 is 1.68 bits per heavy atom. The number of Topliss-reactive ketones (excluding diaryl/α,β-unsaturated/α-hetero) is 1. The van der Waals surface area contributed by atoms with E-state index in [1.165, 1.54) is 12.8 Å². The first-order valence-corrected chi connectivity index (χ1v) is 12.9. The van der Waals surface area contributed by atoms with Gasteiger partial charge in [-0.2, -0.15) is 10.2 Å². The number of likely N-dealkylation sites (N-methyl/N-ethyl adjacent to an activating group) is 1. The number of carbonyl (C=O) groups excluding carboxylic acids is 1. The summed E-state index contributed by atoms with van der Waals surface area (Å²) in [6, 6.07) is 11.6. The van der Waals surface area contributed by atoms with Gasteiger partial charge in [-0.1, -0.05) is 6.07 Å². The highest BCUT2D eigenvalue weighted by molar-refractivity contribution is 5.98. The van der Waals surface area contributed by atoms with Gasteiger partial charge in [0.25, 0.3) is 0 Å². The number of ketones is 1. The molecule has 0 bridgehead atoms. The van der Waals surface area contributed by atoms with Crippen LogP contribution in [0.5, 0.6) is 0 Å². The second kappa shape index (κ2) is 10.2. The molecule has 3 aromatic heterocycles. The summed E-state index contributed by atoms with van der Waals surface area (Å²) in [7, 11) is 2.12. The van der Waals surface area contributed by atoms with Gasteiger partial charge in [0, 0.05) is 62.0 Å². The smallest absolute Gasteiger partial charge is 0.169 e. The lowest BCUT2D eigenvalue weighted by Crippen LogP contribution is -2.44. The number of nitrogens with zero attached hydrogens (tertiary/aromatic N) is 8. The van der Waals surface area contributed by atoms with Crippen molar-refractivity contribution in [2.24, 2.45) is 0 Å². The van der Waals surface area contributed by atoms with E-state index >= 15 is 0 Å². The van der Waals surface area contributed by atoms with Gasteiger partial charge in [-0.3, -0.25) is 9.78 Å². The van der Waals surface area contributed by atoms with Gasteiger partial charge in [0.1, 0.15) is 11.6 Å². The van der Waals surface area contributed by atoms with Crippen LogP contribution in [-0.2, 0) is 6.42 Å². The first kappa shape index (κ1) is 23.4. The Kier molecular flexibility index (Phi) is 6.44. The van der Waals surface area contributed by atoms with Crippen LogP contribution in [-0.4, -0.2) is 82.1 Å². The van der Waals surface area contributed by atoms with Crippen LogP contribution in [0.1, 0.15) is 28.9 Å². The molecule has 0 amide bonds. The molecule has 1 aromatic carbocycles. The lowest BCUT2D eigenvalue weighted by molar-refractivity contribution is 0.0991. The quantitative estimate of drug-likeness (QED) is 0.375. The van der Waals surface area contributed by atoms with Gasteiger partial charge < -0.3 is 14.7 Å². The SMILES string of the molecule is CN1CCN(c2cc(C(=O)Cc3cc4cc(-c5cncc(N6CCCC6)n5)ccc4nn3)ccn2)CC1. The largest absolute Gasteiger partial charge is 0.355 e. The average molecular weight is 495 g/mol. The van der Waals surface area contributed by atoms with Crippen molar-refractivity contribution < 1.29 is 4.79 Å². The molecule has 9 nitrogen and oxygen atoms in total. The second-order valence-electron chi connectivity index (χ2n) is 9.86. The van der Waals surface area contributed by atoms with E-state index in [0.29, 0.717) is 11.3 Å². The molecule has 9 heteroatoms. The van der Waals surface area contributed by atoms with E-state index in [1.54, 1.807) is 18.5 Å². The van der Waals surface area contributed by atoms with Gasteiger partial charge in [-0.05, 0) is 50.2 Å². The summed E-state index contributed by atoms with van der Waals surface area (Å²) < 4.78 is 0. The number of pyridine rings is 1. The second-order valence-corrected chi connectivity index (χ2v) is 9.86. The predicted octanol–water partition coefficient (Wildman–Crippen LogP) is 3.26. The van der Waals surface area contributed by atoms with Crippen LogP contribution < -0.4 is 9.80 Å². The maximum Gasteiger partial charge on any atom is 0.169 e. The Hall–Kier alpha value is -3.98. The normalized spacial score (nSPS) is 16.5. The number of rotatable bonds is 6. The number of carbonyl (C=O) groups is 1. The molecule has 0 atom stereocenters. The van der Waals surface area contributed by atoms with Crippen LogP contribution in [0.2, 0.25) is 0 Å². The molecule has 2 saturated heterocycles. The van der Waals surface area contributed by atoms with Crippen LogP contribution in [0.15, 0.2) is 55.0 Å². The van der Waals surface area contributed by atoms with Crippen LogP contribution in [0.4, 0.5) is 11.6 Å². The molecule has 6 rings (SSSR count). The summed E-state index contributed by atoms with van der Waals surface area (Å²) in [5.74, 6) is 1.78. The Morgan fingerprint density at radius 3 is 2.51 bits per heavy atom. The zero-order valence-corrected chi connectivity index (χ0v) is 21.0. The molecule has 2 fully saturated rings. The van der Waals surface area contributed by atoms with Crippen molar-refractivity contribution in [1.82, 2.24) is 30.0 Å². The number of hydrogen-bond acceptors (Lipinski definition) is 9. The minimum atomic E-state index is 0.00626. The molecule has 0 spiro atoms. The van der Waals surface area contributed by atoms with Crippen molar-refractivity contribution in [3.63, 3.8) is 0 Å². The summed E-state index contributed by atoms with van der Waals surface area (Å²) in [5.41, 5.74) is 3.87. The fourth-order valence-electron chi connectivity index (χ4n) is 4.99. The van der Waals surface area contributed by atoms with Crippen molar-refractivity contribution >= 4 is 28.3 Å². The first-order chi connectivity index (χ1) is 18.1. The van der Waals surface area contributed by atoms with E-state index in [1.807, 2.05) is 36.5 Å². The molecule has 4 aromatic rings. The molecule has 0 aliphatic carbocycles. The summed E-state index contributed by atoms with van der Waals surface area (Å²) in [5, 5.41) is 9.62. The molecule has 188 valence electrons. The number of piperazine rings is 1. The van der Waals surface area contributed by atoms with E-state index in [-0.39, 0.29) is 12.2 Å². The van der Waals surface area contributed by atoms with Crippen LogP contribution >= 0.6 is 0 Å². The Labute approximate surface area is 216 Å². The van der Waals surface area contributed by atoms with Crippen molar-refractivity contribution in [1.29, 1.82) is 0 Å². The molecule has 0 unspecified atom stereocenters. The van der Waals surface area contributed by atoms with E-state index in [9.17, 15) is 4.79 Å². The lowest BCUT2D eigenvalue weighted by atomic mass is 10.0. The minimum Gasteiger partial charge on any atom is -0.355 e. The van der Waals surface area contributed by atoms with Crippen LogP contribution in [0.25, 0.3) is 22.2 Å². The summed E-state index contributed by atoms with van der Waals surface area (Å²) in [4.78, 5) is 33.7. The monoisotopic (exact) mass is 494 g/mol. The highest BCUT2D eigenvalue weighted by atomic mass is 16.1. The Bertz CT molecular complexity index is 1430. The van der Waals surface area contributed by atoms with Crippen LogP contribution in [0.3, 0.4) is 0 Å². The molecule has 0 saturated carbocycles. The molecule has 0 radical (unpaired) electrons. The van der Waals surface area contributed by atoms with Gasteiger partial charge in [-0.15, -0.1) is 0 Å². The maximum atomic E-state index is 13.1. The third kappa shape index (κ3) is 5.13. The van der Waals surface area contributed by atoms with E-state index in [2.05, 4.69) is 41.9 Å². The molecule has 2 aliphatic rings. The van der Waals surface area contributed by atoms with Crippen molar-refractivity contribution in [3.8, 4) is 11.3 Å². The molecular weight excluding hydrogens is 464 g/mol. The maximum absolute atomic E-state index is 13.1. The van der Waals surface area contributed by atoms with E-state index in [4.69, 9.17) is 4.98 Å². The van der Waals surface area contributed by atoms with Gasteiger partial charge in [0.15, 0.2) is 5.78 Å². The Morgan fingerprint density at radius 1 is 0.865 bits per heavy atom. The van der Waals surface area contributed by atoms with Crippen molar-refractivity contribution in [3.05, 3.63) is 66.2 Å². The summed E-state index contributed by atoms with van der Waals surface area (Å²) in [6.45, 7) is 5.84. The highest BCUT2D eigenvalue weighted by Crippen LogP contribution is 2.25. The molecule has 5 heterocycles. The molecule has 0 N–H and O–H groups in total. The van der Waals surface area contributed by atoms with Crippen molar-refractivity contribution in [2.75, 3.05) is 56.1 Å². The summed E-state index contributed by atoms with van der Waals surface area (Å²) >= 11 is 0. The number of hydrogen-bond donors (Lipinski definition) is 0. The number of aromatic nitrogens is 5. The standard InChI is InChI=1S/C28H30N8O/c1-34-10-12-36(13-11-34)27-16-21(6-7-30-27)26(37)17-23-15-22-14-20(4-5-24(22)33-32-23)25-18-29-19-28(31-25)35-8-2-3-9-35/h4-7,14-16,18-19H,2-3,8-13,17H2,1H3. The molecular formula is C28H30N8O. The molecule has 37 heavy (non-hydrogen) atoms. The zero-order chi connectivity index (χ0) is 25.2. The van der Waals surface area contributed by atoms with Gasteiger partial charge in [-0.25, -0.2) is 9.97 Å². The van der Waals surface area contributed by atoms with E-state index < -0.39 is 0 Å². The third-order valence-corrected chi connectivity index (χ3v) is 7.22. The fourth-order valence-corrected chi connectivity index (χ4v) is 4.99. The average Bonchev–Trinajstić information content (AvgIpc) is 3.49. The fraction of sp³-hybridized carbons (Fsp3) is 0.357. The van der Waals surface area contributed by atoms with Gasteiger partial charge >= 0.3 is 0 Å². The zero-order valence-electron chi connectivity index (χ0n) is 21.0. The number of fused-ring (bicyclic) bond motifs is 1. The summed E-state index contributed by atoms with van der Waals surface area (Å²) in [6.07, 6.45) is 7.91. The first-order valence-electron chi connectivity index (χ1n) is 12.9. The molecule has 2 aliphatic heterocycles. The van der Waals surface area contributed by atoms with E-state index in [0.717, 1.165) is 73.1 Å². The number of anilines is 2. The van der Waals surface area contributed by atoms with Crippen LogP contribution in [0, 0.1) is 0 Å². The van der Waals surface area contributed by atoms with Gasteiger partial charge in [0.2, 0.25) is 0 Å². The highest BCUT2D eigenvalue weighted by Gasteiger charge is 2.18. The topological polar surface area (TPSA) is 91.2 Å². The lowest BCUT2D eigenvalue weighted by Gasteiger charge is -2.33. The predicted molar refractivity (Wildman–Crippen MR) is 144 cm³/mol. The number of benzene rings is 1.